The summed E-state index contributed by atoms with van der Waals surface area (Å²) in [6, 6.07) is -0.206. The number of β-amino-alcohol motifs (C(OH)–C–C–N with tert-alkyl or cyclic N) is 1. The molecular weight excluding hydrogens is 198 g/mol. The molecule has 0 radical (unpaired) electrons. The van der Waals surface area contributed by atoms with Crippen molar-refractivity contribution in [3.8, 4) is 0 Å². The number of aromatic nitrogens is 3. The lowest BCUT2D eigenvalue weighted by Gasteiger charge is -2.25. The van der Waals surface area contributed by atoms with Gasteiger partial charge in [0.2, 0.25) is 5.82 Å². The number of aromatic amines is 1. The number of nitrogens with one attached hydrogen (secondary N) is 2. The van der Waals surface area contributed by atoms with Crippen LogP contribution in [0.3, 0.4) is 0 Å². The molecule has 15 heavy (non-hydrogen) atoms. The van der Waals surface area contributed by atoms with Crippen LogP contribution >= 0.6 is 0 Å². The molecule has 1 aliphatic heterocycles. The normalized spacial score (nSPS) is 25.5. The number of hydrogen-bond donors (Lipinski definition) is 3. The number of aliphatic hydroxyl groups excluding tert-OH is 1. The Labute approximate surface area is 86.5 Å². The molecule has 3 N–H and O–H groups in total. The number of carbonyl (C=O) groups is 1. The fourth-order valence-electron chi connectivity index (χ4n) is 1.67. The fourth-order valence-corrected chi connectivity index (χ4v) is 1.67. The predicted molar refractivity (Wildman–Crippen MR) is 51.1 cm³/mol. The molecule has 7 heteroatoms. The number of aliphatic hydroxyl groups is 1. The SMILES string of the molecule is CN(C(=O)c1ncn[nH]1)[C@@H]1CNC[C@H]1O. The molecule has 2 heterocycles. The van der Waals surface area contributed by atoms with Gasteiger partial charge in [0.25, 0.3) is 5.91 Å². The van der Waals surface area contributed by atoms with Gasteiger partial charge in [0.05, 0.1) is 12.1 Å². The maximum atomic E-state index is 11.8. The maximum Gasteiger partial charge on any atom is 0.291 e. The topological polar surface area (TPSA) is 94.1 Å². The maximum absolute atomic E-state index is 11.8. The molecule has 0 unspecified atom stereocenters. The summed E-state index contributed by atoms with van der Waals surface area (Å²) in [5, 5.41) is 18.7. The summed E-state index contributed by atoms with van der Waals surface area (Å²) in [5.74, 6) is -0.0724. The van der Waals surface area contributed by atoms with Gasteiger partial charge in [0.1, 0.15) is 6.33 Å². The molecule has 1 fully saturated rings. The van der Waals surface area contributed by atoms with Crippen molar-refractivity contribution >= 4 is 5.91 Å². The first-order chi connectivity index (χ1) is 7.20. The van der Waals surface area contributed by atoms with Crippen molar-refractivity contribution in [3.05, 3.63) is 12.2 Å². The van der Waals surface area contributed by atoms with Crippen molar-refractivity contribution in [3.63, 3.8) is 0 Å². The number of carbonyl (C=O) groups excluding carboxylic acids is 1. The highest BCUT2D eigenvalue weighted by atomic mass is 16.3. The number of H-pyrrole nitrogens is 1. The minimum absolute atomic E-state index is 0.191. The van der Waals surface area contributed by atoms with E-state index in [1.54, 1.807) is 7.05 Å². The van der Waals surface area contributed by atoms with Gasteiger partial charge < -0.3 is 15.3 Å². The molecule has 0 bridgehead atoms. The molecule has 1 amide bonds. The summed E-state index contributed by atoms with van der Waals surface area (Å²) in [4.78, 5) is 17.0. The van der Waals surface area contributed by atoms with E-state index < -0.39 is 6.10 Å². The second-order valence-electron chi connectivity index (χ2n) is 3.54. The van der Waals surface area contributed by atoms with Crippen LogP contribution in [-0.2, 0) is 0 Å². The summed E-state index contributed by atoms with van der Waals surface area (Å²) in [7, 11) is 1.64. The third kappa shape index (κ3) is 1.83. The van der Waals surface area contributed by atoms with E-state index in [1.807, 2.05) is 0 Å². The molecule has 0 aromatic carbocycles. The van der Waals surface area contributed by atoms with Crippen LogP contribution in [0.15, 0.2) is 6.33 Å². The van der Waals surface area contributed by atoms with Gasteiger partial charge in [0, 0.05) is 20.1 Å². The quantitative estimate of drug-likeness (QED) is 0.537. The Balaban J connectivity index is 2.07. The molecule has 0 aliphatic carbocycles. The first-order valence-corrected chi connectivity index (χ1v) is 4.71. The van der Waals surface area contributed by atoms with Crippen molar-refractivity contribution in [1.82, 2.24) is 25.4 Å². The Morgan fingerprint density at radius 3 is 3.00 bits per heavy atom. The van der Waals surface area contributed by atoms with Gasteiger partial charge in [-0.15, -0.1) is 0 Å². The first-order valence-electron chi connectivity index (χ1n) is 4.71. The summed E-state index contributed by atoms with van der Waals surface area (Å²) in [5.41, 5.74) is 0. The van der Waals surface area contributed by atoms with Crippen LogP contribution in [0.1, 0.15) is 10.6 Å². The number of likely N-dealkylation sites (N-methyl/N-ethyl adjacent to an activating group) is 1. The van der Waals surface area contributed by atoms with Crippen LogP contribution < -0.4 is 5.32 Å². The summed E-state index contributed by atoms with van der Waals surface area (Å²) in [6.07, 6.45) is 0.756. The van der Waals surface area contributed by atoms with Crippen molar-refractivity contribution in [1.29, 1.82) is 0 Å². The lowest BCUT2D eigenvalue weighted by atomic mass is 10.2. The van der Waals surface area contributed by atoms with Gasteiger partial charge >= 0.3 is 0 Å². The largest absolute Gasteiger partial charge is 0.390 e. The third-order valence-electron chi connectivity index (χ3n) is 2.59. The van der Waals surface area contributed by atoms with Crippen LogP contribution in [0.4, 0.5) is 0 Å². The zero-order chi connectivity index (χ0) is 10.8. The van der Waals surface area contributed by atoms with E-state index in [4.69, 9.17) is 0 Å². The predicted octanol–water partition coefficient (Wildman–Crippen LogP) is -1.79. The molecular formula is C8H13N5O2. The van der Waals surface area contributed by atoms with Crippen molar-refractivity contribution in [2.75, 3.05) is 20.1 Å². The zero-order valence-corrected chi connectivity index (χ0v) is 8.34. The van der Waals surface area contributed by atoms with E-state index in [2.05, 4.69) is 20.5 Å². The lowest BCUT2D eigenvalue weighted by Crippen LogP contribution is -2.44. The Hall–Kier alpha value is -1.47. The molecule has 2 atom stereocenters. The highest BCUT2D eigenvalue weighted by Gasteiger charge is 2.32. The minimum atomic E-state index is -0.526. The Morgan fingerprint density at radius 2 is 2.47 bits per heavy atom. The van der Waals surface area contributed by atoms with Crippen molar-refractivity contribution in [2.24, 2.45) is 0 Å². The Morgan fingerprint density at radius 1 is 1.67 bits per heavy atom. The van der Waals surface area contributed by atoms with Gasteiger partial charge in [-0.3, -0.25) is 9.89 Å². The first kappa shape index (κ1) is 10.1. The Kier molecular flexibility index (Phi) is 2.65. The van der Waals surface area contributed by atoms with Gasteiger partial charge in [-0.1, -0.05) is 0 Å². The highest BCUT2D eigenvalue weighted by molar-refractivity contribution is 5.90. The average Bonchev–Trinajstić information content (AvgIpc) is 2.85. The van der Waals surface area contributed by atoms with E-state index in [0.717, 1.165) is 0 Å². The monoisotopic (exact) mass is 211 g/mol. The molecule has 7 nitrogen and oxygen atoms in total. The van der Waals surface area contributed by atoms with Crippen molar-refractivity contribution in [2.45, 2.75) is 12.1 Å². The molecule has 2 rings (SSSR count). The number of hydrogen-bond acceptors (Lipinski definition) is 5. The van der Waals surface area contributed by atoms with E-state index in [0.29, 0.717) is 13.1 Å². The average molecular weight is 211 g/mol. The minimum Gasteiger partial charge on any atom is -0.390 e. The number of amides is 1. The van der Waals surface area contributed by atoms with E-state index in [-0.39, 0.29) is 17.8 Å². The van der Waals surface area contributed by atoms with Crippen LogP contribution in [0.25, 0.3) is 0 Å². The fraction of sp³-hybridized carbons (Fsp3) is 0.625. The van der Waals surface area contributed by atoms with Gasteiger partial charge in [-0.2, -0.15) is 5.10 Å². The summed E-state index contributed by atoms with van der Waals surface area (Å²) < 4.78 is 0. The van der Waals surface area contributed by atoms with Gasteiger partial charge in [-0.05, 0) is 0 Å². The molecule has 1 aliphatic rings. The molecule has 0 saturated carbocycles. The Bertz CT molecular complexity index is 339. The van der Waals surface area contributed by atoms with E-state index in [9.17, 15) is 9.90 Å². The molecule has 1 aromatic heterocycles. The van der Waals surface area contributed by atoms with E-state index in [1.165, 1.54) is 11.2 Å². The second kappa shape index (κ2) is 3.95. The highest BCUT2D eigenvalue weighted by Crippen LogP contribution is 2.09. The summed E-state index contributed by atoms with van der Waals surface area (Å²) >= 11 is 0. The standard InChI is InChI=1S/C8H13N5O2/c1-13(5-2-9-3-6(5)14)8(15)7-10-4-11-12-7/h4-6,9,14H,2-3H2,1H3,(H,10,11,12)/t5-,6-/m1/s1. The molecule has 0 spiro atoms. The van der Waals surface area contributed by atoms with Gasteiger partial charge in [-0.25, -0.2) is 4.98 Å². The third-order valence-corrected chi connectivity index (χ3v) is 2.59. The molecule has 82 valence electrons. The van der Waals surface area contributed by atoms with Gasteiger partial charge in [0.15, 0.2) is 0 Å². The van der Waals surface area contributed by atoms with E-state index >= 15 is 0 Å². The van der Waals surface area contributed by atoms with Crippen LogP contribution in [0.2, 0.25) is 0 Å². The second-order valence-corrected chi connectivity index (χ2v) is 3.54. The number of nitrogens with zero attached hydrogens (tertiary/aromatic N) is 3. The summed E-state index contributed by atoms with van der Waals surface area (Å²) in [6.45, 7) is 1.11. The number of rotatable bonds is 2. The zero-order valence-electron chi connectivity index (χ0n) is 8.34. The lowest BCUT2D eigenvalue weighted by molar-refractivity contribution is 0.0570. The molecule has 1 saturated heterocycles. The van der Waals surface area contributed by atoms with Crippen LogP contribution in [0, 0.1) is 0 Å². The van der Waals surface area contributed by atoms with Crippen molar-refractivity contribution < 1.29 is 9.90 Å². The molecule has 1 aromatic rings. The van der Waals surface area contributed by atoms with Crippen LogP contribution in [0.5, 0.6) is 0 Å². The van der Waals surface area contributed by atoms with Crippen LogP contribution in [-0.4, -0.2) is 63.4 Å². The smallest absolute Gasteiger partial charge is 0.291 e.